The Labute approximate surface area is 223 Å². The molecule has 2 fully saturated rings. The first-order valence-electron chi connectivity index (χ1n) is 13.7. The molecule has 11 nitrogen and oxygen atoms in total. The zero-order chi connectivity index (χ0) is 26.1. The first-order valence-corrected chi connectivity index (χ1v) is 13.7. The van der Waals surface area contributed by atoms with Crippen molar-refractivity contribution in [2.24, 2.45) is 5.73 Å². The van der Waals surface area contributed by atoms with Crippen LogP contribution in [0.15, 0.2) is 42.9 Å². The van der Waals surface area contributed by atoms with Gasteiger partial charge in [0.15, 0.2) is 5.65 Å². The Morgan fingerprint density at radius 3 is 2.58 bits per heavy atom. The van der Waals surface area contributed by atoms with E-state index >= 15 is 0 Å². The van der Waals surface area contributed by atoms with E-state index in [2.05, 4.69) is 69.8 Å². The number of para-hydroxylation sites is 1. The van der Waals surface area contributed by atoms with Crippen LogP contribution in [0, 0.1) is 0 Å². The molecule has 1 aromatic carbocycles. The van der Waals surface area contributed by atoms with Crippen LogP contribution in [0.5, 0.6) is 0 Å². The van der Waals surface area contributed by atoms with Crippen molar-refractivity contribution in [3.05, 3.63) is 54.0 Å². The van der Waals surface area contributed by atoms with Crippen molar-refractivity contribution < 1.29 is 0 Å². The molecule has 38 heavy (non-hydrogen) atoms. The average Bonchev–Trinajstić information content (AvgIpc) is 3.61. The highest BCUT2D eigenvalue weighted by molar-refractivity contribution is 5.57. The first-order chi connectivity index (χ1) is 18.6. The lowest BCUT2D eigenvalue weighted by molar-refractivity contribution is 0.495. The van der Waals surface area contributed by atoms with Gasteiger partial charge in [0, 0.05) is 57.4 Å². The Morgan fingerprint density at radius 2 is 1.79 bits per heavy atom. The third-order valence-electron chi connectivity index (χ3n) is 7.55. The molecule has 5 heterocycles. The van der Waals surface area contributed by atoms with Gasteiger partial charge in [-0.1, -0.05) is 32.0 Å². The summed E-state index contributed by atoms with van der Waals surface area (Å²) in [6.45, 7) is 10.6. The zero-order valence-corrected chi connectivity index (χ0v) is 22.2. The molecular formula is C27H37N11. The minimum atomic E-state index is 0.250. The maximum atomic E-state index is 6.15. The van der Waals surface area contributed by atoms with Crippen LogP contribution in [0.2, 0.25) is 0 Å². The molecule has 0 spiro atoms. The SMILES string of the molecule is CC(C)c1cnn2c(NCc3ccccc3-n3cc(N4CCNCC4)cn3)nc(N3CCC(N)CC3)nc12. The molecule has 0 bridgehead atoms. The molecule has 2 aliphatic rings. The molecule has 2 saturated heterocycles. The highest BCUT2D eigenvalue weighted by atomic mass is 15.4. The van der Waals surface area contributed by atoms with E-state index in [4.69, 9.17) is 20.8 Å². The Morgan fingerprint density at radius 1 is 1.00 bits per heavy atom. The van der Waals surface area contributed by atoms with E-state index < -0.39 is 0 Å². The monoisotopic (exact) mass is 515 g/mol. The minimum absolute atomic E-state index is 0.250. The fraction of sp³-hybridized carbons (Fsp3) is 0.481. The van der Waals surface area contributed by atoms with E-state index in [0.717, 1.165) is 86.2 Å². The standard InChI is InChI=1S/C27H37N11/c1-19(2)23-17-32-38-25(23)33-27(36-11-7-21(28)8-12-36)34-26(38)30-15-20-5-3-4-6-24(20)37-18-22(16-31-37)35-13-9-29-10-14-35/h3-6,16-19,21,29H,7-15,28H2,1-2H3,(H,30,33,34). The predicted octanol–water partition coefficient (Wildman–Crippen LogP) is 2.38. The van der Waals surface area contributed by atoms with Gasteiger partial charge in [0.05, 0.1) is 30.0 Å². The van der Waals surface area contributed by atoms with E-state index in [0.29, 0.717) is 18.4 Å². The summed E-state index contributed by atoms with van der Waals surface area (Å²) < 4.78 is 3.80. The summed E-state index contributed by atoms with van der Waals surface area (Å²) in [4.78, 5) is 14.5. The van der Waals surface area contributed by atoms with Gasteiger partial charge in [-0.25, -0.2) is 4.68 Å². The Balaban J connectivity index is 1.29. The summed E-state index contributed by atoms with van der Waals surface area (Å²) in [6, 6.07) is 8.59. The number of fused-ring (bicyclic) bond motifs is 1. The smallest absolute Gasteiger partial charge is 0.230 e. The number of nitrogens with one attached hydrogen (secondary N) is 2. The molecule has 4 N–H and O–H groups in total. The number of piperazine rings is 1. The maximum absolute atomic E-state index is 6.15. The number of nitrogens with two attached hydrogens (primary N) is 1. The lowest BCUT2D eigenvalue weighted by Gasteiger charge is -2.30. The van der Waals surface area contributed by atoms with Crippen LogP contribution < -0.4 is 26.2 Å². The highest BCUT2D eigenvalue weighted by Crippen LogP contribution is 2.26. The zero-order valence-electron chi connectivity index (χ0n) is 22.2. The molecule has 4 aromatic rings. The average molecular weight is 516 g/mol. The molecule has 0 unspecified atom stereocenters. The van der Waals surface area contributed by atoms with Crippen LogP contribution in [0.3, 0.4) is 0 Å². The minimum Gasteiger partial charge on any atom is -0.366 e. The number of piperidine rings is 1. The summed E-state index contributed by atoms with van der Waals surface area (Å²) in [5.74, 6) is 1.72. The number of rotatable bonds is 7. The largest absolute Gasteiger partial charge is 0.366 e. The van der Waals surface area contributed by atoms with E-state index in [1.165, 1.54) is 0 Å². The lowest BCUT2D eigenvalue weighted by atomic mass is 10.1. The number of anilines is 3. The van der Waals surface area contributed by atoms with Crippen LogP contribution in [-0.4, -0.2) is 74.7 Å². The third kappa shape index (κ3) is 4.91. The fourth-order valence-electron chi connectivity index (χ4n) is 5.24. The first kappa shape index (κ1) is 24.6. The van der Waals surface area contributed by atoms with Crippen LogP contribution in [-0.2, 0) is 6.54 Å². The second kappa shape index (κ2) is 10.6. The van der Waals surface area contributed by atoms with Gasteiger partial charge in [0.25, 0.3) is 0 Å². The van der Waals surface area contributed by atoms with Crippen molar-refractivity contribution in [1.82, 2.24) is 34.7 Å². The molecule has 200 valence electrons. The van der Waals surface area contributed by atoms with Gasteiger partial charge in [-0.05, 0) is 30.4 Å². The van der Waals surface area contributed by atoms with Crippen molar-refractivity contribution in [1.29, 1.82) is 0 Å². The topological polar surface area (TPSA) is 117 Å². The van der Waals surface area contributed by atoms with Crippen molar-refractivity contribution in [2.45, 2.75) is 45.2 Å². The lowest BCUT2D eigenvalue weighted by Crippen LogP contribution is -2.43. The molecule has 3 aromatic heterocycles. The van der Waals surface area contributed by atoms with E-state index in [1.807, 2.05) is 21.6 Å². The van der Waals surface area contributed by atoms with E-state index in [1.54, 1.807) is 0 Å². The summed E-state index contributed by atoms with van der Waals surface area (Å²) >= 11 is 0. The second-order valence-electron chi connectivity index (χ2n) is 10.5. The number of hydrogen-bond donors (Lipinski definition) is 3. The van der Waals surface area contributed by atoms with Crippen LogP contribution in [0.1, 0.15) is 43.7 Å². The van der Waals surface area contributed by atoms with Crippen molar-refractivity contribution >= 4 is 23.2 Å². The van der Waals surface area contributed by atoms with Crippen LogP contribution >= 0.6 is 0 Å². The van der Waals surface area contributed by atoms with Crippen molar-refractivity contribution in [2.75, 3.05) is 54.4 Å². The molecule has 2 aliphatic heterocycles. The van der Waals surface area contributed by atoms with Crippen LogP contribution in [0.4, 0.5) is 17.6 Å². The van der Waals surface area contributed by atoms with E-state index in [9.17, 15) is 0 Å². The van der Waals surface area contributed by atoms with Crippen molar-refractivity contribution in [3.8, 4) is 5.69 Å². The van der Waals surface area contributed by atoms with Crippen LogP contribution in [0.25, 0.3) is 11.3 Å². The summed E-state index contributed by atoms with van der Waals surface area (Å²) in [5, 5.41) is 16.3. The number of hydrogen-bond acceptors (Lipinski definition) is 9. The number of nitrogens with zero attached hydrogens (tertiary/aromatic N) is 8. The molecule has 0 atom stereocenters. The van der Waals surface area contributed by atoms with Gasteiger partial charge >= 0.3 is 0 Å². The van der Waals surface area contributed by atoms with Crippen molar-refractivity contribution in [3.63, 3.8) is 0 Å². The quantitative estimate of drug-likeness (QED) is 0.341. The number of benzene rings is 1. The molecule has 6 rings (SSSR count). The number of aromatic nitrogens is 6. The predicted molar refractivity (Wildman–Crippen MR) is 150 cm³/mol. The van der Waals surface area contributed by atoms with Gasteiger partial charge in [-0.2, -0.15) is 24.7 Å². The molecule has 0 saturated carbocycles. The molecule has 0 amide bonds. The van der Waals surface area contributed by atoms with Gasteiger partial charge in [0.1, 0.15) is 0 Å². The summed E-state index contributed by atoms with van der Waals surface area (Å²) in [6.07, 6.45) is 7.87. The van der Waals surface area contributed by atoms with Gasteiger partial charge in [0.2, 0.25) is 11.9 Å². The second-order valence-corrected chi connectivity index (χ2v) is 10.5. The Kier molecular flexibility index (Phi) is 6.86. The molecule has 0 radical (unpaired) electrons. The fourth-order valence-corrected chi connectivity index (χ4v) is 5.24. The summed E-state index contributed by atoms with van der Waals surface area (Å²) in [7, 11) is 0. The Bertz CT molecular complexity index is 1380. The normalized spacial score (nSPS) is 17.1. The maximum Gasteiger partial charge on any atom is 0.230 e. The van der Waals surface area contributed by atoms with Gasteiger partial charge < -0.3 is 26.2 Å². The highest BCUT2D eigenvalue weighted by Gasteiger charge is 2.22. The molecule has 11 heteroatoms. The Hall–Kier alpha value is -3.70. The van der Waals surface area contributed by atoms with Gasteiger partial charge in [-0.15, -0.1) is 0 Å². The summed E-state index contributed by atoms with van der Waals surface area (Å²) in [5.41, 5.74) is 11.4. The van der Waals surface area contributed by atoms with Gasteiger partial charge in [-0.3, -0.25) is 0 Å². The van der Waals surface area contributed by atoms with E-state index in [-0.39, 0.29) is 6.04 Å². The third-order valence-corrected chi connectivity index (χ3v) is 7.55. The molecule has 0 aliphatic carbocycles. The molecular weight excluding hydrogens is 478 g/mol.